The third kappa shape index (κ3) is 12.9. The molecule has 0 aliphatic heterocycles. The minimum atomic E-state index is -0.941. The summed E-state index contributed by atoms with van der Waals surface area (Å²) in [5, 5.41) is 11.7. The molecule has 0 fully saturated rings. The largest absolute Gasteiger partial charge is 0.493 e. The second-order valence-electron chi connectivity index (χ2n) is 5.64. The summed E-state index contributed by atoms with van der Waals surface area (Å²) in [6.45, 7) is 2.89. The summed E-state index contributed by atoms with van der Waals surface area (Å²) in [4.78, 5) is 15.6. The van der Waals surface area contributed by atoms with E-state index >= 15 is 0 Å². The van der Waals surface area contributed by atoms with Crippen LogP contribution in [0.3, 0.4) is 0 Å². The summed E-state index contributed by atoms with van der Waals surface area (Å²) < 4.78 is 20.7. The van der Waals surface area contributed by atoms with Crippen molar-refractivity contribution in [2.45, 2.75) is 18.2 Å². The lowest BCUT2D eigenvalue weighted by Gasteiger charge is -2.05. The van der Waals surface area contributed by atoms with Crippen molar-refractivity contribution >= 4 is 23.9 Å². The average Bonchev–Trinajstić information content (AvgIpc) is 2.66. The number of nitrogens with zero attached hydrogens (tertiary/aromatic N) is 1. The minimum absolute atomic E-state index is 0.0700. The van der Waals surface area contributed by atoms with Gasteiger partial charge in [0.1, 0.15) is 24.7 Å². The number of benzene rings is 2. The number of carboxylic acid groups (broad SMARTS) is 1. The molecule has 0 heterocycles. The van der Waals surface area contributed by atoms with Gasteiger partial charge >= 0.3 is 5.97 Å². The first-order chi connectivity index (χ1) is 13.9. The van der Waals surface area contributed by atoms with E-state index in [4.69, 9.17) is 26.1 Å². The van der Waals surface area contributed by atoms with Crippen molar-refractivity contribution in [3.8, 4) is 5.75 Å². The Morgan fingerprint density at radius 3 is 2.55 bits per heavy atom. The number of hydrogen-bond acceptors (Lipinski definition) is 6. The molecule has 0 radical (unpaired) electrons. The summed E-state index contributed by atoms with van der Waals surface area (Å²) >= 11 is 1.09. The minimum Gasteiger partial charge on any atom is -0.493 e. The molecule has 0 atom stereocenters. The monoisotopic (exact) mass is 424 g/mol. The molecular weight excluding hydrogens is 399 g/mol. The zero-order chi connectivity index (χ0) is 21.5. The number of hydrogen-bond donors (Lipinski definition) is 4. The first-order valence-electron chi connectivity index (χ1n) is 8.64. The molecule has 0 aromatic heterocycles. The van der Waals surface area contributed by atoms with E-state index in [9.17, 15) is 9.18 Å². The summed E-state index contributed by atoms with van der Waals surface area (Å²) in [7, 11) is 0. The molecule has 6 N–H and O–H groups in total. The molecular formula is C19H25FN4O4S. The highest BCUT2D eigenvalue weighted by molar-refractivity contribution is 7.97. The molecule has 2 aromatic rings. The predicted octanol–water partition coefficient (Wildman–Crippen LogP) is 2.48. The van der Waals surface area contributed by atoms with Gasteiger partial charge in [-0.2, -0.15) is 0 Å². The van der Waals surface area contributed by atoms with Crippen molar-refractivity contribution in [3.63, 3.8) is 0 Å². The highest BCUT2D eigenvalue weighted by atomic mass is 32.2. The number of carboxylic acids is 1. The van der Waals surface area contributed by atoms with Crippen LogP contribution in [0.5, 0.6) is 5.75 Å². The van der Waals surface area contributed by atoms with Gasteiger partial charge in [0, 0.05) is 11.3 Å². The number of carbonyl (C=O) groups is 1. The average molecular weight is 424 g/mol. The number of aliphatic carboxylic acids is 1. The van der Waals surface area contributed by atoms with E-state index in [1.54, 1.807) is 12.1 Å². The van der Waals surface area contributed by atoms with Crippen LogP contribution in [0.4, 0.5) is 4.39 Å². The fourth-order valence-electron chi connectivity index (χ4n) is 1.78. The summed E-state index contributed by atoms with van der Waals surface area (Å²) in [6.07, 6.45) is 0.727. The molecule has 0 spiro atoms. The SMILES string of the molecule is Cc1ccc(OCCCON=C(N)N)cc1.O=C(O)CNSc1cccc(F)c1. The Morgan fingerprint density at radius 1 is 1.21 bits per heavy atom. The van der Waals surface area contributed by atoms with Crippen LogP contribution in [0.2, 0.25) is 0 Å². The van der Waals surface area contributed by atoms with Gasteiger partial charge in [-0.05, 0) is 54.4 Å². The first-order valence-corrected chi connectivity index (χ1v) is 9.46. The molecule has 8 nitrogen and oxygen atoms in total. The maximum Gasteiger partial charge on any atom is 0.318 e. The lowest BCUT2D eigenvalue weighted by Crippen LogP contribution is -2.23. The molecule has 2 aromatic carbocycles. The van der Waals surface area contributed by atoms with Crippen LogP contribution in [-0.4, -0.2) is 36.8 Å². The molecule has 0 amide bonds. The molecule has 0 unspecified atom stereocenters. The molecule has 10 heteroatoms. The van der Waals surface area contributed by atoms with Gasteiger partial charge in [0.25, 0.3) is 0 Å². The predicted molar refractivity (Wildman–Crippen MR) is 111 cm³/mol. The molecule has 0 aliphatic rings. The standard InChI is InChI=1S/C11H17N3O2.C8H8FNO2S/c1-9-3-5-10(6-4-9)15-7-2-8-16-14-11(12)13;9-6-2-1-3-7(4-6)13-10-5-8(11)12/h3-6H,2,7-8H2,1H3,(H4,12,13,14);1-4,10H,5H2,(H,11,12). The number of halogens is 1. The van der Waals surface area contributed by atoms with Crippen molar-refractivity contribution in [1.82, 2.24) is 4.72 Å². The molecule has 158 valence electrons. The van der Waals surface area contributed by atoms with Gasteiger partial charge in [-0.15, -0.1) is 0 Å². The van der Waals surface area contributed by atoms with Crippen molar-refractivity contribution < 1.29 is 23.9 Å². The fraction of sp³-hybridized carbons (Fsp3) is 0.263. The quantitative estimate of drug-likeness (QED) is 0.150. The zero-order valence-corrected chi connectivity index (χ0v) is 16.8. The molecule has 0 bridgehead atoms. The third-order valence-electron chi connectivity index (χ3n) is 3.05. The number of oxime groups is 1. The smallest absolute Gasteiger partial charge is 0.318 e. The van der Waals surface area contributed by atoms with Gasteiger partial charge in [0.2, 0.25) is 5.96 Å². The van der Waals surface area contributed by atoms with E-state index in [0.717, 1.165) is 24.1 Å². The summed E-state index contributed by atoms with van der Waals surface area (Å²) in [5.74, 6) is -0.488. The van der Waals surface area contributed by atoms with Crippen LogP contribution in [0.1, 0.15) is 12.0 Å². The van der Waals surface area contributed by atoms with Crippen molar-refractivity contribution in [2.24, 2.45) is 16.6 Å². The number of ether oxygens (including phenoxy) is 1. The van der Waals surface area contributed by atoms with Crippen LogP contribution in [0.25, 0.3) is 0 Å². The van der Waals surface area contributed by atoms with E-state index in [2.05, 4.69) is 9.88 Å². The highest BCUT2D eigenvalue weighted by Crippen LogP contribution is 2.14. The van der Waals surface area contributed by atoms with Gasteiger partial charge in [0.05, 0.1) is 6.61 Å². The molecule has 0 saturated carbocycles. The van der Waals surface area contributed by atoms with Gasteiger partial charge in [-0.3, -0.25) is 4.79 Å². The Bertz CT molecular complexity index is 771. The Morgan fingerprint density at radius 2 is 1.93 bits per heavy atom. The van der Waals surface area contributed by atoms with Gasteiger partial charge < -0.3 is 26.1 Å². The molecule has 2 rings (SSSR count). The van der Waals surface area contributed by atoms with Crippen LogP contribution in [0.15, 0.2) is 58.6 Å². The number of nitrogens with one attached hydrogen (secondary N) is 1. The molecule has 0 saturated heterocycles. The van der Waals surface area contributed by atoms with E-state index in [1.807, 2.05) is 31.2 Å². The Hall–Kier alpha value is -2.98. The lowest BCUT2D eigenvalue weighted by atomic mass is 10.2. The second kappa shape index (κ2) is 14.1. The van der Waals surface area contributed by atoms with Crippen LogP contribution in [-0.2, 0) is 9.63 Å². The summed E-state index contributed by atoms with van der Waals surface area (Å²) in [6, 6.07) is 13.8. The Labute approximate surface area is 173 Å². The van der Waals surface area contributed by atoms with Gasteiger partial charge in [-0.25, -0.2) is 9.11 Å². The molecule has 0 aliphatic carbocycles. The number of nitrogens with two attached hydrogens (primary N) is 2. The van der Waals surface area contributed by atoms with Crippen molar-refractivity contribution in [2.75, 3.05) is 19.8 Å². The van der Waals surface area contributed by atoms with E-state index in [0.29, 0.717) is 18.1 Å². The maximum absolute atomic E-state index is 12.6. The second-order valence-corrected chi connectivity index (χ2v) is 6.60. The van der Waals surface area contributed by atoms with E-state index in [1.165, 1.54) is 17.7 Å². The highest BCUT2D eigenvalue weighted by Gasteiger charge is 1.98. The number of aryl methyl sites for hydroxylation is 1. The summed E-state index contributed by atoms with van der Waals surface area (Å²) in [5.41, 5.74) is 11.4. The van der Waals surface area contributed by atoms with E-state index in [-0.39, 0.29) is 18.3 Å². The first kappa shape index (κ1) is 24.1. The van der Waals surface area contributed by atoms with Gasteiger partial charge in [-0.1, -0.05) is 23.8 Å². The number of guanidine groups is 1. The third-order valence-corrected chi connectivity index (χ3v) is 3.83. The topological polar surface area (TPSA) is 132 Å². The van der Waals surface area contributed by atoms with Crippen LogP contribution < -0.4 is 20.9 Å². The normalized spacial score (nSPS) is 9.72. The van der Waals surface area contributed by atoms with E-state index < -0.39 is 5.97 Å². The Balaban J connectivity index is 0.000000296. The fourth-order valence-corrected chi connectivity index (χ4v) is 2.46. The van der Waals surface area contributed by atoms with Crippen molar-refractivity contribution in [1.29, 1.82) is 0 Å². The maximum atomic E-state index is 12.6. The van der Waals surface area contributed by atoms with Crippen LogP contribution >= 0.6 is 11.9 Å². The molecule has 29 heavy (non-hydrogen) atoms. The van der Waals surface area contributed by atoms with Crippen LogP contribution in [0, 0.1) is 12.7 Å². The zero-order valence-electron chi connectivity index (χ0n) is 16.0. The lowest BCUT2D eigenvalue weighted by molar-refractivity contribution is -0.135. The van der Waals surface area contributed by atoms with Crippen molar-refractivity contribution in [3.05, 3.63) is 59.9 Å². The van der Waals surface area contributed by atoms with Gasteiger partial charge in [0.15, 0.2) is 0 Å². The Kier molecular flexibility index (Phi) is 11.7. The number of rotatable bonds is 10.